The lowest BCUT2D eigenvalue weighted by molar-refractivity contribution is 0.390. The molecule has 0 amide bonds. The first-order valence-corrected chi connectivity index (χ1v) is 6.20. The predicted octanol–water partition coefficient (Wildman–Crippen LogP) is 2.86. The van der Waals surface area contributed by atoms with Gasteiger partial charge >= 0.3 is 0 Å². The molecule has 0 aromatic heterocycles. The molecule has 0 fully saturated rings. The van der Waals surface area contributed by atoms with E-state index >= 15 is 0 Å². The van der Waals surface area contributed by atoms with Gasteiger partial charge in [0.1, 0.15) is 11.5 Å². The van der Waals surface area contributed by atoms with E-state index in [9.17, 15) is 0 Å². The molecule has 0 aliphatic heterocycles. The molecule has 94 valence electrons. The lowest BCUT2D eigenvalue weighted by Crippen LogP contribution is -2.18. The van der Waals surface area contributed by atoms with Gasteiger partial charge in [-0.25, -0.2) is 0 Å². The molecule has 0 bridgehead atoms. The molecule has 2 rings (SSSR count). The highest BCUT2D eigenvalue weighted by Gasteiger charge is 2.31. The van der Waals surface area contributed by atoms with Crippen molar-refractivity contribution in [3.8, 4) is 11.5 Å². The molecule has 0 saturated carbocycles. The molecule has 2 atom stereocenters. The van der Waals surface area contributed by atoms with Gasteiger partial charge in [-0.15, -0.1) is 0 Å². The Bertz CT molecular complexity index is 403. The largest absolute Gasteiger partial charge is 0.497 e. The molecule has 1 aliphatic carbocycles. The highest BCUT2D eigenvalue weighted by molar-refractivity contribution is 5.52. The second-order valence-electron chi connectivity index (χ2n) is 4.58. The predicted molar refractivity (Wildman–Crippen MR) is 69.0 cm³/mol. The summed E-state index contributed by atoms with van der Waals surface area (Å²) in [6, 6.07) is 4.53. The van der Waals surface area contributed by atoms with E-state index in [2.05, 4.69) is 25.2 Å². The fraction of sp³-hybridized carbons (Fsp3) is 0.571. The van der Waals surface area contributed by atoms with E-state index in [1.807, 2.05) is 6.07 Å². The Balaban J connectivity index is 2.47. The van der Waals surface area contributed by atoms with Crippen molar-refractivity contribution in [2.45, 2.75) is 32.2 Å². The first kappa shape index (κ1) is 12.2. The quantitative estimate of drug-likeness (QED) is 0.870. The third-order valence-corrected chi connectivity index (χ3v) is 3.51. The SMILES string of the molecule is CCNC1CC(C)c2c(OC)cc(OC)cc21. The van der Waals surface area contributed by atoms with Gasteiger partial charge in [0, 0.05) is 17.7 Å². The van der Waals surface area contributed by atoms with Crippen molar-refractivity contribution in [1.82, 2.24) is 5.32 Å². The maximum Gasteiger partial charge on any atom is 0.126 e. The van der Waals surface area contributed by atoms with Gasteiger partial charge in [0.2, 0.25) is 0 Å². The molecule has 0 radical (unpaired) electrons. The zero-order valence-corrected chi connectivity index (χ0v) is 11.0. The average molecular weight is 235 g/mol. The molecular weight excluding hydrogens is 214 g/mol. The summed E-state index contributed by atoms with van der Waals surface area (Å²) in [6.45, 7) is 5.38. The minimum Gasteiger partial charge on any atom is -0.497 e. The van der Waals surface area contributed by atoms with Crippen LogP contribution in [0.3, 0.4) is 0 Å². The summed E-state index contributed by atoms with van der Waals surface area (Å²) in [4.78, 5) is 0. The van der Waals surface area contributed by atoms with Gasteiger partial charge in [-0.3, -0.25) is 0 Å². The molecule has 3 heteroatoms. The van der Waals surface area contributed by atoms with Crippen LogP contribution in [0.4, 0.5) is 0 Å². The maximum atomic E-state index is 5.49. The van der Waals surface area contributed by atoms with Crippen molar-refractivity contribution in [3.05, 3.63) is 23.3 Å². The third-order valence-electron chi connectivity index (χ3n) is 3.51. The van der Waals surface area contributed by atoms with Gasteiger partial charge in [-0.05, 0) is 30.5 Å². The molecule has 0 spiro atoms. The van der Waals surface area contributed by atoms with E-state index in [1.165, 1.54) is 11.1 Å². The molecule has 17 heavy (non-hydrogen) atoms. The minimum atomic E-state index is 0.425. The van der Waals surface area contributed by atoms with Gasteiger partial charge < -0.3 is 14.8 Å². The number of hydrogen-bond acceptors (Lipinski definition) is 3. The number of fused-ring (bicyclic) bond motifs is 1. The highest BCUT2D eigenvalue weighted by Crippen LogP contribution is 2.46. The Morgan fingerprint density at radius 2 is 2.06 bits per heavy atom. The Kier molecular flexibility index (Phi) is 3.57. The lowest BCUT2D eigenvalue weighted by atomic mass is 10.0. The van der Waals surface area contributed by atoms with Gasteiger partial charge in [-0.2, -0.15) is 0 Å². The first-order valence-electron chi connectivity index (χ1n) is 6.20. The van der Waals surface area contributed by atoms with E-state index in [4.69, 9.17) is 9.47 Å². The fourth-order valence-electron chi connectivity index (χ4n) is 2.76. The zero-order chi connectivity index (χ0) is 12.4. The summed E-state index contributed by atoms with van der Waals surface area (Å²) in [5, 5.41) is 3.52. The lowest BCUT2D eigenvalue weighted by Gasteiger charge is -2.15. The second-order valence-corrected chi connectivity index (χ2v) is 4.58. The molecule has 1 aromatic carbocycles. The summed E-state index contributed by atoms with van der Waals surface area (Å²) >= 11 is 0. The van der Waals surface area contributed by atoms with Crippen LogP contribution in [-0.2, 0) is 0 Å². The Hall–Kier alpha value is -1.22. The molecule has 1 aliphatic rings. The van der Waals surface area contributed by atoms with Crippen LogP contribution >= 0.6 is 0 Å². The summed E-state index contributed by atoms with van der Waals surface area (Å²) < 4.78 is 10.8. The number of rotatable bonds is 4. The average Bonchev–Trinajstić information content (AvgIpc) is 2.66. The van der Waals surface area contributed by atoms with Crippen molar-refractivity contribution < 1.29 is 9.47 Å². The first-order chi connectivity index (χ1) is 8.21. The van der Waals surface area contributed by atoms with Gasteiger partial charge in [0.05, 0.1) is 14.2 Å². The third kappa shape index (κ3) is 2.12. The van der Waals surface area contributed by atoms with E-state index in [-0.39, 0.29) is 0 Å². The van der Waals surface area contributed by atoms with Crippen LogP contribution in [0.2, 0.25) is 0 Å². The van der Waals surface area contributed by atoms with Crippen molar-refractivity contribution >= 4 is 0 Å². The van der Waals surface area contributed by atoms with Crippen LogP contribution in [0.25, 0.3) is 0 Å². The number of benzene rings is 1. The number of hydrogen-bond donors (Lipinski definition) is 1. The monoisotopic (exact) mass is 235 g/mol. The fourth-order valence-corrected chi connectivity index (χ4v) is 2.76. The normalized spacial score (nSPS) is 22.4. The van der Waals surface area contributed by atoms with E-state index in [0.717, 1.165) is 24.5 Å². The smallest absolute Gasteiger partial charge is 0.126 e. The van der Waals surface area contributed by atoms with Crippen molar-refractivity contribution in [1.29, 1.82) is 0 Å². The van der Waals surface area contributed by atoms with Crippen LogP contribution in [0, 0.1) is 0 Å². The Morgan fingerprint density at radius 3 is 2.65 bits per heavy atom. The van der Waals surface area contributed by atoms with Crippen molar-refractivity contribution in [2.24, 2.45) is 0 Å². The van der Waals surface area contributed by atoms with Crippen molar-refractivity contribution in [3.63, 3.8) is 0 Å². The van der Waals surface area contributed by atoms with Gasteiger partial charge in [0.25, 0.3) is 0 Å². The number of nitrogens with one attached hydrogen (secondary N) is 1. The summed E-state index contributed by atoms with van der Waals surface area (Å²) in [5.74, 6) is 2.36. The molecule has 3 nitrogen and oxygen atoms in total. The summed E-state index contributed by atoms with van der Waals surface area (Å²) in [7, 11) is 3.42. The van der Waals surface area contributed by atoms with Crippen LogP contribution in [0.5, 0.6) is 11.5 Å². The highest BCUT2D eigenvalue weighted by atomic mass is 16.5. The molecule has 1 N–H and O–H groups in total. The summed E-state index contributed by atoms with van der Waals surface area (Å²) in [5.41, 5.74) is 2.66. The van der Waals surface area contributed by atoms with Crippen LogP contribution in [0.1, 0.15) is 43.4 Å². The molecule has 2 unspecified atom stereocenters. The van der Waals surface area contributed by atoms with Crippen LogP contribution < -0.4 is 14.8 Å². The van der Waals surface area contributed by atoms with Crippen LogP contribution in [-0.4, -0.2) is 20.8 Å². The topological polar surface area (TPSA) is 30.5 Å². The molecule has 0 heterocycles. The Morgan fingerprint density at radius 1 is 1.29 bits per heavy atom. The second kappa shape index (κ2) is 4.96. The standard InChI is InChI=1S/C14H21NO2/c1-5-15-12-6-9(2)14-11(12)7-10(16-3)8-13(14)17-4/h7-9,12,15H,5-6H2,1-4H3. The molecule has 1 aromatic rings. The molecule has 0 saturated heterocycles. The Labute approximate surface area is 103 Å². The van der Waals surface area contributed by atoms with Gasteiger partial charge in [-0.1, -0.05) is 13.8 Å². The minimum absolute atomic E-state index is 0.425. The van der Waals surface area contributed by atoms with Gasteiger partial charge in [0.15, 0.2) is 0 Å². The van der Waals surface area contributed by atoms with Crippen molar-refractivity contribution in [2.75, 3.05) is 20.8 Å². The molecular formula is C14H21NO2. The van der Waals surface area contributed by atoms with Crippen LogP contribution in [0.15, 0.2) is 12.1 Å². The van der Waals surface area contributed by atoms with E-state index in [1.54, 1.807) is 14.2 Å². The summed E-state index contributed by atoms with van der Waals surface area (Å²) in [6.07, 6.45) is 1.13. The maximum absolute atomic E-state index is 5.49. The zero-order valence-electron chi connectivity index (χ0n) is 11.0. The van der Waals surface area contributed by atoms with E-state index < -0.39 is 0 Å². The number of methoxy groups -OCH3 is 2. The number of ether oxygens (including phenoxy) is 2. The van der Waals surface area contributed by atoms with E-state index in [0.29, 0.717) is 12.0 Å².